The van der Waals surface area contributed by atoms with Crippen molar-refractivity contribution in [2.24, 2.45) is 0 Å². The summed E-state index contributed by atoms with van der Waals surface area (Å²) in [6, 6.07) is 19.6. The lowest BCUT2D eigenvalue weighted by molar-refractivity contribution is -0.116. The molecule has 5 rings (SSSR count). The van der Waals surface area contributed by atoms with Crippen LogP contribution in [0, 0.1) is 0 Å². The van der Waals surface area contributed by atoms with E-state index in [0.29, 0.717) is 38.2 Å². The first-order chi connectivity index (χ1) is 15.7. The van der Waals surface area contributed by atoms with Crippen LogP contribution in [0.3, 0.4) is 0 Å². The number of rotatable bonds is 3. The van der Waals surface area contributed by atoms with Crippen molar-refractivity contribution in [2.75, 3.05) is 36.4 Å². The summed E-state index contributed by atoms with van der Waals surface area (Å²) < 4.78 is 0. The van der Waals surface area contributed by atoms with E-state index in [-0.39, 0.29) is 11.8 Å². The van der Waals surface area contributed by atoms with Gasteiger partial charge in [0, 0.05) is 49.4 Å². The van der Waals surface area contributed by atoms with E-state index in [0.717, 1.165) is 41.2 Å². The number of benzene rings is 2. The van der Waals surface area contributed by atoms with Gasteiger partial charge in [-0.15, -0.1) is 10.2 Å². The Kier molecular flexibility index (Phi) is 5.54. The van der Waals surface area contributed by atoms with Crippen molar-refractivity contribution in [2.45, 2.75) is 19.3 Å². The largest absolute Gasteiger partial charge is 0.352 e. The predicted octanol–water partition coefficient (Wildman–Crippen LogP) is 3.38. The zero-order valence-electron chi connectivity index (χ0n) is 17.8. The van der Waals surface area contributed by atoms with Crippen molar-refractivity contribution in [3.8, 4) is 11.3 Å². The monoisotopic (exact) mass is 427 g/mol. The van der Waals surface area contributed by atoms with Gasteiger partial charge in [-0.25, -0.2) is 0 Å². The fraction of sp³-hybridized carbons (Fsp3) is 0.280. The molecule has 0 bridgehead atoms. The van der Waals surface area contributed by atoms with Crippen LogP contribution >= 0.6 is 0 Å². The standard InChI is InChI=1S/C25H25N5O2/c31-24-8-4-7-19-17-20(9-10-21(19)26-24)25(32)30-15-13-29(14-16-30)23-12-11-22(27-28-23)18-5-2-1-3-6-18/h1-3,5-6,9-12,17H,4,7-8,13-16H2,(H,26,31). The van der Waals surface area contributed by atoms with E-state index in [2.05, 4.69) is 20.4 Å². The number of carbonyl (C=O) groups excluding carboxylic acids is 2. The Labute approximate surface area is 187 Å². The molecular weight excluding hydrogens is 402 g/mol. The van der Waals surface area contributed by atoms with Gasteiger partial charge in [0.25, 0.3) is 5.91 Å². The Balaban J connectivity index is 1.22. The first-order valence-electron chi connectivity index (χ1n) is 11.0. The Bertz CT molecular complexity index is 1120. The molecule has 2 aromatic carbocycles. The molecule has 32 heavy (non-hydrogen) atoms. The van der Waals surface area contributed by atoms with Crippen LogP contribution in [0.5, 0.6) is 0 Å². The molecule has 0 unspecified atom stereocenters. The molecule has 1 N–H and O–H groups in total. The number of hydrogen-bond donors (Lipinski definition) is 1. The summed E-state index contributed by atoms with van der Waals surface area (Å²) in [4.78, 5) is 28.9. The Morgan fingerprint density at radius 3 is 2.44 bits per heavy atom. The Hall–Kier alpha value is -3.74. The first kappa shape index (κ1) is 20.2. The van der Waals surface area contributed by atoms with Gasteiger partial charge >= 0.3 is 0 Å². The molecule has 2 amide bonds. The highest BCUT2D eigenvalue weighted by Gasteiger charge is 2.24. The van der Waals surface area contributed by atoms with Gasteiger partial charge < -0.3 is 15.1 Å². The number of aryl methyl sites for hydroxylation is 1. The summed E-state index contributed by atoms with van der Waals surface area (Å²) in [5.74, 6) is 0.907. The van der Waals surface area contributed by atoms with Crippen LogP contribution in [-0.2, 0) is 11.2 Å². The van der Waals surface area contributed by atoms with Crippen LogP contribution in [0.15, 0.2) is 60.7 Å². The summed E-state index contributed by atoms with van der Waals surface area (Å²) in [6.07, 6.45) is 2.13. The summed E-state index contributed by atoms with van der Waals surface area (Å²) in [5, 5.41) is 11.7. The molecule has 162 valence electrons. The number of anilines is 2. The van der Waals surface area contributed by atoms with Crippen LogP contribution < -0.4 is 10.2 Å². The summed E-state index contributed by atoms with van der Waals surface area (Å²) >= 11 is 0. The zero-order chi connectivity index (χ0) is 21.9. The van der Waals surface area contributed by atoms with Gasteiger partial charge in [0.2, 0.25) is 5.91 Å². The van der Waals surface area contributed by atoms with E-state index in [9.17, 15) is 9.59 Å². The fourth-order valence-corrected chi connectivity index (χ4v) is 4.29. The highest BCUT2D eigenvalue weighted by molar-refractivity contribution is 5.97. The second-order valence-corrected chi connectivity index (χ2v) is 8.20. The number of hydrogen-bond acceptors (Lipinski definition) is 5. The summed E-state index contributed by atoms with van der Waals surface area (Å²) in [5.41, 5.74) is 4.44. The van der Waals surface area contributed by atoms with Crippen LogP contribution in [-0.4, -0.2) is 53.1 Å². The molecule has 3 aromatic rings. The van der Waals surface area contributed by atoms with Gasteiger partial charge in [0.05, 0.1) is 5.69 Å². The fourth-order valence-electron chi connectivity index (χ4n) is 4.29. The van der Waals surface area contributed by atoms with Crippen LogP contribution in [0.4, 0.5) is 11.5 Å². The Morgan fingerprint density at radius 1 is 0.875 bits per heavy atom. The normalized spacial score (nSPS) is 16.2. The van der Waals surface area contributed by atoms with Gasteiger partial charge in [-0.2, -0.15) is 0 Å². The minimum atomic E-state index is 0.0357. The molecule has 2 aliphatic rings. The third-order valence-corrected chi connectivity index (χ3v) is 6.09. The summed E-state index contributed by atoms with van der Waals surface area (Å²) in [6.45, 7) is 2.70. The van der Waals surface area contributed by atoms with Gasteiger partial charge in [-0.05, 0) is 48.7 Å². The average Bonchev–Trinajstić information content (AvgIpc) is 3.04. The number of nitrogens with zero attached hydrogens (tertiary/aromatic N) is 4. The number of aromatic nitrogens is 2. The topological polar surface area (TPSA) is 78.4 Å². The van der Waals surface area contributed by atoms with Crippen LogP contribution in [0.25, 0.3) is 11.3 Å². The van der Waals surface area contributed by atoms with Gasteiger partial charge in [0.15, 0.2) is 5.82 Å². The maximum absolute atomic E-state index is 13.1. The molecule has 1 aromatic heterocycles. The van der Waals surface area contributed by atoms with Crippen LogP contribution in [0.1, 0.15) is 28.8 Å². The number of nitrogens with one attached hydrogen (secondary N) is 1. The van der Waals surface area contributed by atoms with Gasteiger partial charge in [0.1, 0.15) is 0 Å². The minimum Gasteiger partial charge on any atom is -0.352 e. The molecule has 0 saturated carbocycles. The van der Waals surface area contributed by atoms with E-state index >= 15 is 0 Å². The van der Waals surface area contributed by atoms with Crippen molar-refractivity contribution in [1.29, 1.82) is 0 Å². The molecular formula is C25H25N5O2. The minimum absolute atomic E-state index is 0.0357. The third kappa shape index (κ3) is 4.19. The Morgan fingerprint density at radius 2 is 1.69 bits per heavy atom. The van der Waals surface area contributed by atoms with Crippen molar-refractivity contribution in [3.05, 3.63) is 71.8 Å². The van der Waals surface area contributed by atoms with Gasteiger partial charge in [-0.3, -0.25) is 9.59 Å². The van der Waals surface area contributed by atoms with E-state index in [1.165, 1.54) is 0 Å². The van der Waals surface area contributed by atoms with Crippen molar-refractivity contribution < 1.29 is 9.59 Å². The molecule has 0 radical (unpaired) electrons. The molecule has 7 heteroatoms. The average molecular weight is 428 g/mol. The van der Waals surface area contributed by atoms with Crippen molar-refractivity contribution in [3.63, 3.8) is 0 Å². The smallest absolute Gasteiger partial charge is 0.253 e. The number of fused-ring (bicyclic) bond motifs is 1. The molecule has 2 aliphatic heterocycles. The maximum atomic E-state index is 13.1. The lowest BCUT2D eigenvalue weighted by atomic mass is 10.0. The van der Waals surface area contributed by atoms with E-state index in [1.807, 2.05) is 65.6 Å². The molecule has 7 nitrogen and oxygen atoms in total. The molecule has 0 spiro atoms. The predicted molar refractivity (Wildman–Crippen MR) is 124 cm³/mol. The van der Waals surface area contributed by atoms with E-state index in [1.54, 1.807) is 0 Å². The van der Waals surface area contributed by atoms with Crippen LogP contribution in [0.2, 0.25) is 0 Å². The molecule has 0 aliphatic carbocycles. The maximum Gasteiger partial charge on any atom is 0.253 e. The number of carbonyl (C=O) groups is 2. The second-order valence-electron chi connectivity index (χ2n) is 8.20. The second kappa shape index (κ2) is 8.78. The highest BCUT2D eigenvalue weighted by Crippen LogP contribution is 2.25. The third-order valence-electron chi connectivity index (χ3n) is 6.09. The van der Waals surface area contributed by atoms with E-state index < -0.39 is 0 Å². The van der Waals surface area contributed by atoms with Gasteiger partial charge in [-0.1, -0.05) is 30.3 Å². The SMILES string of the molecule is O=C1CCCc2cc(C(=O)N3CCN(c4ccc(-c5ccccc5)nn4)CC3)ccc2N1. The zero-order valence-corrected chi connectivity index (χ0v) is 17.8. The quantitative estimate of drug-likeness (QED) is 0.693. The molecule has 1 fully saturated rings. The molecule has 1 saturated heterocycles. The van der Waals surface area contributed by atoms with Crippen molar-refractivity contribution >= 4 is 23.3 Å². The first-order valence-corrected chi connectivity index (χ1v) is 11.0. The van der Waals surface area contributed by atoms with Crippen molar-refractivity contribution in [1.82, 2.24) is 15.1 Å². The number of amides is 2. The highest BCUT2D eigenvalue weighted by atomic mass is 16.2. The lowest BCUT2D eigenvalue weighted by Crippen LogP contribution is -2.49. The number of piperazine rings is 1. The lowest BCUT2D eigenvalue weighted by Gasteiger charge is -2.35. The molecule has 3 heterocycles. The molecule has 0 atom stereocenters. The van der Waals surface area contributed by atoms with E-state index in [4.69, 9.17) is 0 Å². The summed E-state index contributed by atoms with van der Waals surface area (Å²) in [7, 11) is 0.